The summed E-state index contributed by atoms with van der Waals surface area (Å²) in [6.45, 7) is 0. The molecule has 1 saturated carbocycles. The number of nitrogen functional groups attached to an aromatic ring is 1. The third kappa shape index (κ3) is 2.85. The fourth-order valence-electron chi connectivity index (χ4n) is 1.79. The Morgan fingerprint density at radius 1 is 1.33 bits per heavy atom. The van der Waals surface area contributed by atoms with Gasteiger partial charge >= 0.3 is 0 Å². The van der Waals surface area contributed by atoms with Crippen LogP contribution in [0.5, 0.6) is 11.5 Å². The molecule has 0 saturated heterocycles. The van der Waals surface area contributed by atoms with Gasteiger partial charge in [-0.05, 0) is 18.8 Å². The third-order valence-corrected chi connectivity index (χ3v) is 3.00. The summed E-state index contributed by atoms with van der Waals surface area (Å²) in [6, 6.07) is 3.32. The summed E-state index contributed by atoms with van der Waals surface area (Å²) >= 11 is 0. The first-order valence-corrected chi connectivity index (χ1v) is 5.95. The van der Waals surface area contributed by atoms with Crippen LogP contribution in [0, 0.1) is 5.92 Å². The number of hydrogen-bond acceptors (Lipinski definition) is 4. The Morgan fingerprint density at radius 3 is 2.50 bits per heavy atom. The molecule has 2 rings (SSSR count). The molecule has 0 atom stereocenters. The van der Waals surface area contributed by atoms with Gasteiger partial charge in [0.15, 0.2) is 11.5 Å². The minimum atomic E-state index is -0.00331. The Kier molecular flexibility index (Phi) is 3.60. The van der Waals surface area contributed by atoms with E-state index >= 15 is 0 Å². The number of hydrogen-bond donors (Lipinski definition) is 2. The van der Waals surface area contributed by atoms with Crippen molar-refractivity contribution in [3.8, 4) is 11.5 Å². The molecule has 0 unspecified atom stereocenters. The molecule has 0 aromatic heterocycles. The van der Waals surface area contributed by atoms with Crippen molar-refractivity contribution in [3.63, 3.8) is 0 Å². The van der Waals surface area contributed by atoms with Gasteiger partial charge in [-0.1, -0.05) is 0 Å². The molecule has 0 radical (unpaired) electrons. The van der Waals surface area contributed by atoms with Crippen LogP contribution in [0.15, 0.2) is 12.1 Å². The van der Waals surface area contributed by atoms with Crippen molar-refractivity contribution in [1.29, 1.82) is 0 Å². The standard InChI is InChI=1S/C13H18N2O3/c1-17-11-6-9(14)10(7-12(11)18-2)15-13(16)5-8-3-4-8/h6-8H,3-5,14H2,1-2H3,(H,15,16). The molecule has 3 N–H and O–H groups in total. The molecule has 5 nitrogen and oxygen atoms in total. The lowest BCUT2D eigenvalue weighted by Gasteiger charge is -2.13. The van der Waals surface area contributed by atoms with E-state index in [2.05, 4.69) is 5.32 Å². The van der Waals surface area contributed by atoms with Crippen LogP contribution in [-0.2, 0) is 4.79 Å². The fraction of sp³-hybridized carbons (Fsp3) is 0.462. The number of benzene rings is 1. The summed E-state index contributed by atoms with van der Waals surface area (Å²) in [7, 11) is 3.09. The van der Waals surface area contributed by atoms with Crippen molar-refractivity contribution in [2.24, 2.45) is 5.92 Å². The van der Waals surface area contributed by atoms with Crippen molar-refractivity contribution in [2.75, 3.05) is 25.3 Å². The van der Waals surface area contributed by atoms with Gasteiger partial charge in [0, 0.05) is 18.6 Å². The predicted octanol–water partition coefficient (Wildman–Crippen LogP) is 2.02. The van der Waals surface area contributed by atoms with Crippen molar-refractivity contribution in [1.82, 2.24) is 0 Å². The number of rotatable bonds is 5. The van der Waals surface area contributed by atoms with Crippen LogP contribution in [0.25, 0.3) is 0 Å². The number of anilines is 2. The number of nitrogens with one attached hydrogen (secondary N) is 1. The van der Waals surface area contributed by atoms with Crippen LogP contribution in [0.2, 0.25) is 0 Å². The third-order valence-electron chi connectivity index (χ3n) is 3.00. The quantitative estimate of drug-likeness (QED) is 0.784. The maximum absolute atomic E-state index is 11.7. The van der Waals surface area contributed by atoms with Crippen LogP contribution in [-0.4, -0.2) is 20.1 Å². The van der Waals surface area contributed by atoms with Gasteiger partial charge < -0.3 is 20.5 Å². The van der Waals surface area contributed by atoms with E-state index in [9.17, 15) is 4.79 Å². The van der Waals surface area contributed by atoms with Gasteiger partial charge in [0.25, 0.3) is 0 Å². The molecule has 1 aliphatic rings. The van der Waals surface area contributed by atoms with E-state index in [-0.39, 0.29) is 5.91 Å². The average molecular weight is 250 g/mol. The van der Waals surface area contributed by atoms with Gasteiger partial charge in [-0.25, -0.2) is 0 Å². The summed E-state index contributed by atoms with van der Waals surface area (Å²) in [6.07, 6.45) is 2.86. The number of carbonyl (C=O) groups is 1. The minimum absolute atomic E-state index is 0.00331. The lowest BCUT2D eigenvalue weighted by Crippen LogP contribution is -2.13. The van der Waals surface area contributed by atoms with E-state index < -0.39 is 0 Å². The Morgan fingerprint density at radius 2 is 1.94 bits per heavy atom. The summed E-state index contributed by atoms with van der Waals surface area (Å²) in [5.41, 5.74) is 6.90. The van der Waals surface area contributed by atoms with E-state index in [1.54, 1.807) is 26.4 Å². The Labute approximate surface area is 106 Å². The van der Waals surface area contributed by atoms with Gasteiger partial charge in [0.2, 0.25) is 5.91 Å². The molecule has 0 bridgehead atoms. The highest BCUT2D eigenvalue weighted by atomic mass is 16.5. The SMILES string of the molecule is COc1cc(N)c(NC(=O)CC2CC2)cc1OC. The van der Waals surface area contributed by atoms with Crippen molar-refractivity contribution in [2.45, 2.75) is 19.3 Å². The lowest BCUT2D eigenvalue weighted by molar-refractivity contribution is -0.116. The first-order chi connectivity index (χ1) is 8.63. The monoisotopic (exact) mass is 250 g/mol. The first kappa shape index (κ1) is 12.5. The van der Waals surface area contributed by atoms with Gasteiger partial charge in [-0.2, -0.15) is 0 Å². The smallest absolute Gasteiger partial charge is 0.224 e. The molecule has 1 aromatic carbocycles. The second kappa shape index (κ2) is 5.16. The molecule has 98 valence electrons. The van der Waals surface area contributed by atoms with Gasteiger partial charge in [0.1, 0.15) is 0 Å². The highest BCUT2D eigenvalue weighted by Crippen LogP contribution is 2.36. The molecular formula is C13H18N2O3. The summed E-state index contributed by atoms with van der Waals surface area (Å²) < 4.78 is 10.3. The lowest BCUT2D eigenvalue weighted by atomic mass is 10.2. The van der Waals surface area contributed by atoms with Crippen LogP contribution in [0.4, 0.5) is 11.4 Å². The maximum Gasteiger partial charge on any atom is 0.224 e. The zero-order chi connectivity index (χ0) is 13.1. The predicted molar refractivity (Wildman–Crippen MR) is 69.9 cm³/mol. The van der Waals surface area contributed by atoms with Crippen LogP contribution < -0.4 is 20.5 Å². The molecule has 1 aliphatic carbocycles. The highest BCUT2D eigenvalue weighted by molar-refractivity contribution is 5.94. The highest BCUT2D eigenvalue weighted by Gasteiger charge is 2.24. The molecule has 18 heavy (non-hydrogen) atoms. The van der Waals surface area contributed by atoms with Gasteiger partial charge in [-0.3, -0.25) is 4.79 Å². The van der Waals surface area contributed by atoms with E-state index in [0.29, 0.717) is 35.2 Å². The zero-order valence-electron chi connectivity index (χ0n) is 10.7. The second-order valence-electron chi connectivity index (χ2n) is 4.49. The van der Waals surface area contributed by atoms with Gasteiger partial charge in [-0.15, -0.1) is 0 Å². The van der Waals surface area contributed by atoms with E-state index in [1.807, 2.05) is 0 Å². The molecule has 1 fully saturated rings. The topological polar surface area (TPSA) is 73.6 Å². The molecular weight excluding hydrogens is 232 g/mol. The summed E-state index contributed by atoms with van der Waals surface area (Å²) in [5.74, 6) is 1.64. The van der Waals surface area contributed by atoms with Crippen LogP contribution >= 0.6 is 0 Å². The Balaban J connectivity index is 2.13. The number of carbonyl (C=O) groups excluding carboxylic acids is 1. The Hall–Kier alpha value is -1.91. The first-order valence-electron chi connectivity index (χ1n) is 5.95. The molecule has 0 aliphatic heterocycles. The maximum atomic E-state index is 11.7. The number of methoxy groups -OCH3 is 2. The average Bonchev–Trinajstić information content (AvgIpc) is 3.14. The molecule has 1 amide bonds. The Bertz CT molecular complexity index is 456. The molecule has 0 heterocycles. The van der Waals surface area contributed by atoms with E-state index in [4.69, 9.17) is 15.2 Å². The number of ether oxygens (including phenoxy) is 2. The van der Waals surface area contributed by atoms with Crippen molar-refractivity contribution in [3.05, 3.63) is 12.1 Å². The largest absolute Gasteiger partial charge is 0.493 e. The van der Waals surface area contributed by atoms with Crippen LogP contribution in [0.3, 0.4) is 0 Å². The van der Waals surface area contributed by atoms with Crippen molar-refractivity contribution < 1.29 is 14.3 Å². The van der Waals surface area contributed by atoms with E-state index in [1.165, 1.54) is 0 Å². The molecule has 1 aromatic rings. The fourth-order valence-corrected chi connectivity index (χ4v) is 1.79. The van der Waals surface area contributed by atoms with E-state index in [0.717, 1.165) is 12.8 Å². The van der Waals surface area contributed by atoms with Crippen LogP contribution in [0.1, 0.15) is 19.3 Å². The summed E-state index contributed by atoms with van der Waals surface area (Å²) in [4.78, 5) is 11.7. The van der Waals surface area contributed by atoms with Crippen molar-refractivity contribution >= 4 is 17.3 Å². The van der Waals surface area contributed by atoms with Gasteiger partial charge in [0.05, 0.1) is 25.6 Å². The minimum Gasteiger partial charge on any atom is -0.493 e. The molecule has 0 spiro atoms. The molecule has 5 heteroatoms. The second-order valence-corrected chi connectivity index (χ2v) is 4.49. The number of amides is 1. The normalized spacial score (nSPS) is 14.1. The number of nitrogens with two attached hydrogens (primary N) is 1. The zero-order valence-corrected chi connectivity index (χ0v) is 10.7. The summed E-state index contributed by atoms with van der Waals surface area (Å²) in [5, 5.41) is 2.81.